The van der Waals surface area contributed by atoms with Gasteiger partial charge in [-0.15, -0.1) is 0 Å². The SMILES string of the molecule is O=C1CC[C@H](N2Cc3cc(C(=O)N[C@H](c4ncccc4Cl)C4(F)CC4)ccc3C2=O)C(=O)N1. The second-order valence-corrected chi connectivity index (χ2v) is 8.99. The van der Waals surface area contributed by atoms with Gasteiger partial charge in [-0.05, 0) is 55.2 Å². The molecule has 2 N–H and O–H groups in total. The third-order valence-corrected chi connectivity index (χ3v) is 6.69. The highest BCUT2D eigenvalue weighted by Gasteiger charge is 2.53. The van der Waals surface area contributed by atoms with E-state index in [1.54, 1.807) is 18.2 Å². The monoisotopic (exact) mass is 470 g/mol. The van der Waals surface area contributed by atoms with Crippen molar-refractivity contribution in [1.82, 2.24) is 20.5 Å². The van der Waals surface area contributed by atoms with E-state index >= 15 is 4.39 Å². The van der Waals surface area contributed by atoms with Crippen LogP contribution in [0.25, 0.3) is 0 Å². The third-order valence-electron chi connectivity index (χ3n) is 6.37. The molecule has 33 heavy (non-hydrogen) atoms. The van der Waals surface area contributed by atoms with Gasteiger partial charge in [0.2, 0.25) is 11.8 Å². The normalized spacial score (nSPS) is 21.9. The summed E-state index contributed by atoms with van der Waals surface area (Å²) in [6.07, 6.45) is 2.50. The molecule has 2 fully saturated rings. The van der Waals surface area contributed by atoms with E-state index in [0.717, 1.165) is 0 Å². The van der Waals surface area contributed by atoms with Crippen LogP contribution >= 0.6 is 11.6 Å². The van der Waals surface area contributed by atoms with Crippen LogP contribution in [0.4, 0.5) is 4.39 Å². The molecule has 1 aromatic heterocycles. The van der Waals surface area contributed by atoms with Crippen LogP contribution in [0.2, 0.25) is 5.02 Å². The largest absolute Gasteiger partial charge is 0.340 e. The van der Waals surface area contributed by atoms with Gasteiger partial charge in [-0.3, -0.25) is 29.5 Å². The summed E-state index contributed by atoms with van der Waals surface area (Å²) in [5.74, 6) is -1.70. The summed E-state index contributed by atoms with van der Waals surface area (Å²) in [7, 11) is 0. The van der Waals surface area contributed by atoms with Gasteiger partial charge >= 0.3 is 0 Å². The number of amides is 4. The van der Waals surface area contributed by atoms with Crippen molar-refractivity contribution in [3.63, 3.8) is 0 Å². The molecule has 2 atom stereocenters. The van der Waals surface area contributed by atoms with Crippen molar-refractivity contribution in [3.8, 4) is 0 Å². The maximum absolute atomic E-state index is 15.1. The van der Waals surface area contributed by atoms with Crippen LogP contribution < -0.4 is 10.6 Å². The summed E-state index contributed by atoms with van der Waals surface area (Å²) < 4.78 is 15.1. The molecular formula is C23H20ClFN4O4. The molecular weight excluding hydrogens is 451 g/mol. The first-order chi connectivity index (χ1) is 15.8. The average molecular weight is 471 g/mol. The van der Waals surface area contributed by atoms with Gasteiger partial charge in [0.15, 0.2) is 0 Å². The number of benzene rings is 1. The van der Waals surface area contributed by atoms with Crippen LogP contribution in [0.15, 0.2) is 36.5 Å². The van der Waals surface area contributed by atoms with E-state index in [1.807, 2.05) is 0 Å². The first-order valence-corrected chi connectivity index (χ1v) is 11.0. The van der Waals surface area contributed by atoms with Gasteiger partial charge in [-0.2, -0.15) is 0 Å². The minimum absolute atomic E-state index is 0.143. The lowest BCUT2D eigenvalue weighted by atomic mass is 10.0. The summed E-state index contributed by atoms with van der Waals surface area (Å²) in [6.45, 7) is 0.143. The quantitative estimate of drug-likeness (QED) is 0.652. The zero-order chi connectivity index (χ0) is 23.3. The predicted octanol–water partition coefficient (Wildman–Crippen LogP) is 2.47. The Balaban J connectivity index is 1.36. The standard InChI is InChI=1S/C23H20ClFN4O4/c24-15-2-1-9-26-18(15)19(23(25)7-8-23)28-20(31)12-3-4-14-13(10-12)11-29(22(14)33)16-5-6-17(30)27-21(16)32/h1-4,9-10,16,19H,5-8,11H2,(H,28,31)(H,27,30,32)/t16-,19+/m0/s1. The maximum Gasteiger partial charge on any atom is 0.255 e. The van der Waals surface area contributed by atoms with Crippen molar-refractivity contribution in [2.75, 3.05) is 0 Å². The number of hydrogen-bond donors (Lipinski definition) is 2. The lowest BCUT2D eigenvalue weighted by Crippen LogP contribution is -2.52. The van der Waals surface area contributed by atoms with Gasteiger partial charge in [0, 0.05) is 30.3 Å². The number of hydrogen-bond acceptors (Lipinski definition) is 5. The zero-order valence-electron chi connectivity index (χ0n) is 17.4. The summed E-state index contributed by atoms with van der Waals surface area (Å²) in [4.78, 5) is 55.1. The van der Waals surface area contributed by atoms with E-state index in [-0.39, 0.29) is 47.5 Å². The van der Waals surface area contributed by atoms with Crippen LogP contribution in [0.3, 0.4) is 0 Å². The summed E-state index contributed by atoms with van der Waals surface area (Å²) >= 11 is 6.21. The number of pyridine rings is 1. The van der Waals surface area contributed by atoms with Crippen molar-refractivity contribution < 1.29 is 23.6 Å². The summed E-state index contributed by atoms with van der Waals surface area (Å²) in [5.41, 5.74) is -0.0973. The predicted molar refractivity (Wildman–Crippen MR) is 115 cm³/mol. The molecule has 3 heterocycles. The molecule has 10 heteroatoms. The van der Waals surface area contributed by atoms with Gasteiger partial charge in [0.25, 0.3) is 11.8 Å². The number of carbonyl (C=O) groups excluding carboxylic acids is 4. The number of nitrogens with zero attached hydrogens (tertiary/aromatic N) is 2. The highest BCUT2D eigenvalue weighted by molar-refractivity contribution is 6.31. The van der Waals surface area contributed by atoms with Crippen molar-refractivity contribution in [2.45, 2.75) is 50.0 Å². The Kier molecular flexibility index (Phi) is 5.16. The molecule has 2 aliphatic heterocycles. The van der Waals surface area contributed by atoms with Crippen LogP contribution in [0.5, 0.6) is 0 Å². The Morgan fingerprint density at radius 3 is 2.76 bits per heavy atom. The molecule has 1 saturated heterocycles. The van der Waals surface area contributed by atoms with Crippen molar-refractivity contribution in [2.24, 2.45) is 0 Å². The fourth-order valence-corrected chi connectivity index (χ4v) is 4.62. The molecule has 1 saturated carbocycles. The minimum atomic E-state index is -1.61. The van der Waals surface area contributed by atoms with Gasteiger partial charge in [-0.25, -0.2) is 4.39 Å². The number of nitrogens with one attached hydrogen (secondary N) is 2. The molecule has 0 spiro atoms. The molecule has 5 rings (SSSR count). The van der Waals surface area contributed by atoms with E-state index in [2.05, 4.69) is 15.6 Å². The molecule has 170 valence electrons. The zero-order valence-corrected chi connectivity index (χ0v) is 18.2. The van der Waals surface area contributed by atoms with E-state index in [9.17, 15) is 19.2 Å². The molecule has 8 nitrogen and oxygen atoms in total. The molecule has 4 amide bonds. The van der Waals surface area contributed by atoms with E-state index in [4.69, 9.17) is 11.6 Å². The van der Waals surface area contributed by atoms with E-state index in [1.165, 1.54) is 23.2 Å². The number of piperidine rings is 1. The number of rotatable bonds is 5. The summed E-state index contributed by atoms with van der Waals surface area (Å²) in [5, 5.41) is 5.25. The average Bonchev–Trinajstić information content (AvgIpc) is 3.45. The highest BCUT2D eigenvalue weighted by Crippen LogP contribution is 2.50. The number of alkyl halides is 1. The van der Waals surface area contributed by atoms with E-state index < -0.39 is 29.6 Å². The molecule has 1 aliphatic carbocycles. The second-order valence-electron chi connectivity index (χ2n) is 8.58. The summed E-state index contributed by atoms with van der Waals surface area (Å²) in [6, 6.07) is 6.10. The number of carbonyl (C=O) groups is 4. The number of halogens is 2. The van der Waals surface area contributed by atoms with Gasteiger partial charge in [0.05, 0.1) is 10.7 Å². The number of fused-ring (bicyclic) bond motifs is 1. The fraction of sp³-hybridized carbons (Fsp3) is 0.348. The van der Waals surface area contributed by atoms with Gasteiger partial charge in [-0.1, -0.05) is 11.6 Å². The Morgan fingerprint density at radius 1 is 1.27 bits per heavy atom. The topological polar surface area (TPSA) is 108 Å². The van der Waals surface area contributed by atoms with Gasteiger partial charge in [0.1, 0.15) is 17.8 Å². The Labute approximate surface area is 193 Å². The fourth-order valence-electron chi connectivity index (χ4n) is 4.39. The van der Waals surface area contributed by atoms with Crippen LogP contribution in [-0.2, 0) is 16.1 Å². The molecule has 1 aromatic carbocycles. The first-order valence-electron chi connectivity index (χ1n) is 10.6. The van der Waals surface area contributed by atoms with Crippen LogP contribution in [-0.4, -0.2) is 45.2 Å². The Morgan fingerprint density at radius 2 is 2.06 bits per heavy atom. The second kappa shape index (κ2) is 7.91. The molecule has 0 bridgehead atoms. The lowest BCUT2D eigenvalue weighted by molar-refractivity contribution is -0.136. The lowest BCUT2D eigenvalue weighted by Gasteiger charge is -2.29. The number of imide groups is 1. The third kappa shape index (κ3) is 3.86. The van der Waals surface area contributed by atoms with E-state index in [0.29, 0.717) is 24.0 Å². The molecule has 0 unspecified atom stereocenters. The van der Waals surface area contributed by atoms with Crippen molar-refractivity contribution >= 4 is 35.2 Å². The smallest absolute Gasteiger partial charge is 0.255 e. The van der Waals surface area contributed by atoms with Crippen LogP contribution in [0, 0.1) is 0 Å². The molecule has 0 radical (unpaired) electrons. The minimum Gasteiger partial charge on any atom is -0.340 e. The maximum atomic E-state index is 15.1. The Hall–Kier alpha value is -3.33. The van der Waals surface area contributed by atoms with Crippen molar-refractivity contribution in [3.05, 3.63) is 63.9 Å². The van der Waals surface area contributed by atoms with Crippen LogP contribution in [0.1, 0.15) is 63.7 Å². The van der Waals surface area contributed by atoms with Gasteiger partial charge < -0.3 is 10.2 Å². The number of aromatic nitrogens is 1. The highest BCUT2D eigenvalue weighted by atomic mass is 35.5. The molecule has 2 aromatic rings. The first kappa shape index (κ1) is 21.5. The Bertz CT molecular complexity index is 1200. The van der Waals surface area contributed by atoms with Crippen molar-refractivity contribution in [1.29, 1.82) is 0 Å². The molecule has 3 aliphatic rings.